The minimum atomic E-state index is -0.842. The van der Waals surface area contributed by atoms with Gasteiger partial charge in [-0.05, 0) is 57.8 Å². The lowest BCUT2D eigenvalue weighted by molar-refractivity contribution is -0.143. The van der Waals surface area contributed by atoms with Crippen LogP contribution in [0.1, 0.15) is 457 Å². The molecule has 0 aliphatic carbocycles. The highest BCUT2D eigenvalue weighted by Gasteiger charge is 2.18. The number of allylic oxidation sites excluding steroid dienone is 3. The number of hydrogen-bond donors (Lipinski definition) is 3. The van der Waals surface area contributed by atoms with Crippen LogP contribution in [0.2, 0.25) is 0 Å². The summed E-state index contributed by atoms with van der Waals surface area (Å²) in [7, 11) is 0. The van der Waals surface area contributed by atoms with Gasteiger partial charge in [-0.3, -0.25) is 9.59 Å². The molecule has 516 valence electrons. The lowest BCUT2D eigenvalue weighted by Gasteiger charge is -2.20. The highest BCUT2D eigenvalue weighted by atomic mass is 16.5. The Morgan fingerprint density at radius 2 is 0.540 bits per heavy atom. The molecule has 2 atom stereocenters. The maximum atomic E-state index is 12.5. The van der Waals surface area contributed by atoms with E-state index in [1.807, 2.05) is 6.08 Å². The number of aliphatic hydroxyl groups excluding tert-OH is 2. The van der Waals surface area contributed by atoms with E-state index in [0.717, 1.165) is 44.9 Å². The summed E-state index contributed by atoms with van der Waals surface area (Å²) in [6.45, 7) is 4.96. The third kappa shape index (κ3) is 73.3. The summed E-state index contributed by atoms with van der Waals surface area (Å²) >= 11 is 0. The van der Waals surface area contributed by atoms with Gasteiger partial charge >= 0.3 is 5.97 Å². The zero-order valence-corrected chi connectivity index (χ0v) is 59.3. The molecule has 0 fully saturated rings. The molecule has 0 rings (SSSR count). The van der Waals surface area contributed by atoms with Crippen molar-refractivity contribution < 1.29 is 24.5 Å². The van der Waals surface area contributed by atoms with Crippen LogP contribution in [0, 0.1) is 0 Å². The van der Waals surface area contributed by atoms with E-state index >= 15 is 0 Å². The van der Waals surface area contributed by atoms with Crippen molar-refractivity contribution in [1.29, 1.82) is 0 Å². The van der Waals surface area contributed by atoms with Gasteiger partial charge in [0.05, 0.1) is 25.4 Å². The molecular formula is C81H157NO5. The SMILES string of the molecule is CCCCCCCCC/C=C\CCCCCCCCCC(=O)OCCCCCCCCCCCCCCCCCCCCCCCCCCCCCCCCCCC(=O)NC(CO)C(O)/C=C/CCCCCCCCCCCCCCCCCCCC. The largest absolute Gasteiger partial charge is 0.466 e. The second-order valence-electron chi connectivity index (χ2n) is 27.8. The number of ether oxygens (including phenoxy) is 1. The average molecular weight is 1230 g/mol. The molecule has 2 unspecified atom stereocenters. The first-order chi connectivity index (χ1) is 43.0. The van der Waals surface area contributed by atoms with Crippen LogP contribution < -0.4 is 5.32 Å². The Kier molecular flexibility index (Phi) is 75.3. The normalized spacial score (nSPS) is 12.6. The molecule has 0 aliphatic heterocycles. The van der Waals surface area contributed by atoms with E-state index in [0.29, 0.717) is 19.4 Å². The van der Waals surface area contributed by atoms with Gasteiger partial charge in [0, 0.05) is 12.8 Å². The first kappa shape index (κ1) is 85.3. The van der Waals surface area contributed by atoms with Crippen LogP contribution in [0.25, 0.3) is 0 Å². The smallest absolute Gasteiger partial charge is 0.305 e. The summed E-state index contributed by atoms with van der Waals surface area (Å²) in [6, 6.07) is -0.625. The second kappa shape index (κ2) is 76.8. The van der Waals surface area contributed by atoms with Crippen molar-refractivity contribution in [2.24, 2.45) is 0 Å². The van der Waals surface area contributed by atoms with Crippen molar-refractivity contribution in [3.63, 3.8) is 0 Å². The summed E-state index contributed by atoms with van der Waals surface area (Å²) in [5.74, 6) is -0.0397. The monoisotopic (exact) mass is 1220 g/mol. The molecule has 0 spiro atoms. The molecule has 0 aliphatic rings. The average Bonchev–Trinajstić information content (AvgIpc) is 3.53. The van der Waals surface area contributed by atoms with E-state index in [1.54, 1.807) is 6.08 Å². The number of rotatable bonds is 76. The molecular weight excluding hydrogens is 1070 g/mol. The molecule has 0 saturated carbocycles. The number of nitrogens with one attached hydrogen (secondary N) is 1. The molecule has 0 aromatic heterocycles. The zero-order valence-electron chi connectivity index (χ0n) is 59.3. The molecule has 0 saturated heterocycles. The molecule has 0 bridgehead atoms. The van der Waals surface area contributed by atoms with Crippen LogP contribution >= 0.6 is 0 Å². The molecule has 0 radical (unpaired) electrons. The molecule has 6 nitrogen and oxygen atoms in total. The lowest BCUT2D eigenvalue weighted by atomic mass is 10.0. The third-order valence-corrected chi connectivity index (χ3v) is 19.0. The molecule has 87 heavy (non-hydrogen) atoms. The fourth-order valence-electron chi connectivity index (χ4n) is 12.9. The highest BCUT2D eigenvalue weighted by molar-refractivity contribution is 5.76. The van der Waals surface area contributed by atoms with Crippen molar-refractivity contribution in [2.75, 3.05) is 13.2 Å². The van der Waals surface area contributed by atoms with Gasteiger partial charge in [-0.2, -0.15) is 0 Å². The van der Waals surface area contributed by atoms with Gasteiger partial charge in [0.25, 0.3) is 0 Å². The van der Waals surface area contributed by atoms with Gasteiger partial charge in [-0.1, -0.05) is 411 Å². The van der Waals surface area contributed by atoms with Crippen LogP contribution in [-0.4, -0.2) is 47.4 Å². The van der Waals surface area contributed by atoms with Gasteiger partial charge in [-0.15, -0.1) is 0 Å². The van der Waals surface area contributed by atoms with Gasteiger partial charge in [-0.25, -0.2) is 0 Å². The van der Waals surface area contributed by atoms with Gasteiger partial charge in [0.2, 0.25) is 5.91 Å². The standard InChI is InChI=1S/C81H157NO5/c1-3-5-7-9-11-13-15-17-19-21-23-38-41-45-49-53-57-61-65-69-73-79(84)78(77-83)82-80(85)74-70-66-62-58-54-50-46-42-39-36-34-32-30-28-26-24-25-27-29-31-33-35-37-40-44-48-52-56-60-64-68-72-76-87-81(86)75-71-67-63-59-55-51-47-43-22-20-18-16-14-12-10-8-6-4-2/h20,22,69,73,78-79,83-84H,3-19,21,23-68,70-72,74-77H2,1-2H3,(H,82,85)/b22-20-,73-69+. The fourth-order valence-corrected chi connectivity index (χ4v) is 12.9. The Hall–Kier alpha value is -1.66. The number of aliphatic hydroxyl groups is 2. The number of carbonyl (C=O) groups excluding carboxylic acids is 2. The van der Waals surface area contributed by atoms with Crippen molar-refractivity contribution in [2.45, 2.75) is 469 Å². The van der Waals surface area contributed by atoms with E-state index in [4.69, 9.17) is 4.74 Å². The van der Waals surface area contributed by atoms with Crippen LogP contribution in [0.3, 0.4) is 0 Å². The Morgan fingerprint density at radius 3 is 0.816 bits per heavy atom. The first-order valence-electron chi connectivity index (χ1n) is 40.1. The molecule has 0 aromatic rings. The molecule has 0 aromatic carbocycles. The molecule has 0 heterocycles. The zero-order chi connectivity index (χ0) is 62.8. The fraction of sp³-hybridized carbons (Fsp3) is 0.926. The third-order valence-electron chi connectivity index (χ3n) is 19.0. The van der Waals surface area contributed by atoms with E-state index in [2.05, 4.69) is 31.3 Å². The Labute approximate surface area is 545 Å². The van der Waals surface area contributed by atoms with Crippen LogP contribution in [0.15, 0.2) is 24.3 Å². The number of carbonyl (C=O) groups is 2. The van der Waals surface area contributed by atoms with E-state index < -0.39 is 12.1 Å². The highest BCUT2D eigenvalue weighted by Crippen LogP contribution is 2.20. The predicted molar refractivity (Wildman–Crippen MR) is 384 cm³/mol. The van der Waals surface area contributed by atoms with Gasteiger partial charge in [0.1, 0.15) is 0 Å². The molecule has 6 heteroatoms. The van der Waals surface area contributed by atoms with Crippen molar-refractivity contribution >= 4 is 11.9 Å². The Balaban J connectivity index is 3.33. The summed E-state index contributed by atoms with van der Waals surface area (Å²) in [4.78, 5) is 24.7. The minimum absolute atomic E-state index is 0.0191. The summed E-state index contributed by atoms with van der Waals surface area (Å²) in [5, 5.41) is 23.3. The quantitative estimate of drug-likeness (QED) is 0.0320. The second-order valence-corrected chi connectivity index (χ2v) is 27.8. The van der Waals surface area contributed by atoms with E-state index in [-0.39, 0.29) is 18.5 Å². The minimum Gasteiger partial charge on any atom is -0.466 e. The van der Waals surface area contributed by atoms with Gasteiger partial charge < -0.3 is 20.3 Å². The number of esters is 1. The number of unbranched alkanes of at least 4 members (excludes halogenated alkanes) is 63. The number of hydrogen-bond acceptors (Lipinski definition) is 5. The van der Waals surface area contributed by atoms with Crippen LogP contribution in [-0.2, 0) is 14.3 Å². The van der Waals surface area contributed by atoms with Gasteiger partial charge in [0.15, 0.2) is 0 Å². The lowest BCUT2D eigenvalue weighted by Crippen LogP contribution is -2.45. The van der Waals surface area contributed by atoms with Crippen molar-refractivity contribution in [3.05, 3.63) is 24.3 Å². The maximum absolute atomic E-state index is 12.5. The van der Waals surface area contributed by atoms with Crippen LogP contribution in [0.5, 0.6) is 0 Å². The van der Waals surface area contributed by atoms with E-state index in [1.165, 1.54) is 385 Å². The van der Waals surface area contributed by atoms with Crippen molar-refractivity contribution in [1.82, 2.24) is 5.32 Å². The van der Waals surface area contributed by atoms with Crippen LogP contribution in [0.4, 0.5) is 0 Å². The summed E-state index contributed by atoms with van der Waals surface area (Å²) in [5.41, 5.74) is 0. The van der Waals surface area contributed by atoms with E-state index in [9.17, 15) is 19.8 Å². The Bertz CT molecular complexity index is 1360. The maximum Gasteiger partial charge on any atom is 0.305 e. The first-order valence-corrected chi connectivity index (χ1v) is 40.1. The Morgan fingerprint density at radius 1 is 0.310 bits per heavy atom. The predicted octanol–water partition coefficient (Wildman–Crippen LogP) is 26.4. The molecule has 3 N–H and O–H groups in total. The number of amides is 1. The van der Waals surface area contributed by atoms with Crippen molar-refractivity contribution in [3.8, 4) is 0 Å². The summed E-state index contributed by atoms with van der Waals surface area (Å²) < 4.78 is 5.51. The summed E-state index contributed by atoms with van der Waals surface area (Å²) in [6.07, 6.45) is 98.8. The molecule has 1 amide bonds. The topological polar surface area (TPSA) is 95.9 Å².